The van der Waals surface area contributed by atoms with Gasteiger partial charge in [-0.05, 0) is 35.6 Å². The number of rotatable bonds is 6. The average Bonchev–Trinajstić information content (AvgIpc) is 3.22. The predicted octanol–water partition coefficient (Wildman–Crippen LogP) is 3.86. The number of amides is 3. The van der Waals surface area contributed by atoms with Crippen molar-refractivity contribution in [1.82, 2.24) is 10.6 Å². The number of hydrogen-bond donors (Lipinski definition) is 2. The van der Waals surface area contributed by atoms with Crippen LogP contribution in [0.1, 0.15) is 22.7 Å². The van der Waals surface area contributed by atoms with Gasteiger partial charge in [-0.25, -0.2) is 4.79 Å². The third-order valence-corrected chi connectivity index (χ3v) is 5.35. The lowest BCUT2D eigenvalue weighted by atomic mass is 10.1. The summed E-state index contributed by atoms with van der Waals surface area (Å²) in [6.45, 7) is 1.12. The van der Waals surface area contributed by atoms with Gasteiger partial charge in [0.05, 0.1) is 0 Å². The largest absolute Gasteiger partial charge is 0.338 e. The number of carbonyl (C=O) groups excluding carboxylic acids is 2. The zero-order valence-electron chi connectivity index (χ0n) is 16.8. The molecule has 1 aliphatic rings. The molecule has 4 rings (SSSR count). The first-order chi connectivity index (χ1) is 14.7. The number of carbonyl (C=O) groups is 2. The van der Waals surface area contributed by atoms with Gasteiger partial charge >= 0.3 is 6.03 Å². The zero-order chi connectivity index (χ0) is 20.8. The fourth-order valence-corrected chi connectivity index (χ4v) is 3.80. The summed E-state index contributed by atoms with van der Waals surface area (Å²) in [7, 11) is 0. The lowest BCUT2D eigenvalue weighted by molar-refractivity contribution is -0.120. The summed E-state index contributed by atoms with van der Waals surface area (Å²) in [6.07, 6.45) is 1.56. The maximum Gasteiger partial charge on any atom is 0.315 e. The number of anilines is 1. The molecule has 3 aromatic carbocycles. The first kappa shape index (κ1) is 19.7. The first-order valence-corrected chi connectivity index (χ1v) is 10.2. The molecule has 0 fully saturated rings. The van der Waals surface area contributed by atoms with E-state index in [9.17, 15) is 9.59 Å². The second-order valence-corrected chi connectivity index (χ2v) is 7.35. The Labute approximate surface area is 176 Å². The number of fused-ring (bicyclic) bond motifs is 1. The van der Waals surface area contributed by atoms with Gasteiger partial charge in [0.25, 0.3) is 5.91 Å². The standard InChI is InChI=1S/C25H25N3O2/c29-24(28-18-16-20-11-7-8-14-22(20)28)23(21-12-5-2-6-13-21)27-25(30)26-17-15-19-9-3-1-4-10-19/h1-14,23H,15-18H2,(H2,26,27,30). The Morgan fingerprint density at radius 3 is 2.30 bits per heavy atom. The highest BCUT2D eigenvalue weighted by molar-refractivity contribution is 6.01. The quantitative estimate of drug-likeness (QED) is 0.661. The third-order valence-electron chi connectivity index (χ3n) is 5.35. The molecule has 0 aliphatic carbocycles. The Kier molecular flexibility index (Phi) is 6.09. The van der Waals surface area contributed by atoms with Crippen molar-refractivity contribution in [3.63, 3.8) is 0 Å². The topological polar surface area (TPSA) is 61.4 Å². The lowest BCUT2D eigenvalue weighted by Crippen LogP contribution is -2.46. The Balaban J connectivity index is 1.45. The van der Waals surface area contributed by atoms with Crippen LogP contribution in [0.4, 0.5) is 10.5 Å². The van der Waals surface area contributed by atoms with Crippen molar-refractivity contribution in [2.45, 2.75) is 18.9 Å². The minimum atomic E-state index is -0.742. The van der Waals surface area contributed by atoms with Gasteiger partial charge in [0.1, 0.15) is 6.04 Å². The van der Waals surface area contributed by atoms with Crippen LogP contribution in [0.15, 0.2) is 84.9 Å². The number of nitrogens with zero attached hydrogens (tertiary/aromatic N) is 1. The average molecular weight is 399 g/mol. The number of para-hydroxylation sites is 1. The molecule has 0 spiro atoms. The highest BCUT2D eigenvalue weighted by Crippen LogP contribution is 2.30. The van der Waals surface area contributed by atoms with Crippen LogP contribution in [-0.2, 0) is 17.6 Å². The van der Waals surface area contributed by atoms with Gasteiger partial charge in [-0.2, -0.15) is 0 Å². The second-order valence-electron chi connectivity index (χ2n) is 7.35. The fourth-order valence-electron chi connectivity index (χ4n) is 3.80. The molecular formula is C25H25N3O2. The second kappa shape index (κ2) is 9.27. The van der Waals surface area contributed by atoms with Crippen LogP contribution < -0.4 is 15.5 Å². The van der Waals surface area contributed by atoms with Gasteiger partial charge < -0.3 is 15.5 Å². The van der Waals surface area contributed by atoms with Gasteiger partial charge in [0.2, 0.25) is 0 Å². The van der Waals surface area contributed by atoms with Gasteiger partial charge in [-0.1, -0.05) is 78.9 Å². The molecule has 3 aromatic rings. The van der Waals surface area contributed by atoms with E-state index in [0.717, 1.165) is 35.2 Å². The van der Waals surface area contributed by atoms with Crippen LogP contribution in [0.25, 0.3) is 0 Å². The fraction of sp³-hybridized carbons (Fsp3) is 0.200. The first-order valence-electron chi connectivity index (χ1n) is 10.2. The molecule has 5 nitrogen and oxygen atoms in total. The molecule has 5 heteroatoms. The van der Waals surface area contributed by atoms with E-state index in [-0.39, 0.29) is 11.9 Å². The smallest absolute Gasteiger partial charge is 0.315 e. The summed E-state index contributed by atoms with van der Waals surface area (Å²) in [4.78, 5) is 27.8. The molecular weight excluding hydrogens is 374 g/mol. The molecule has 0 radical (unpaired) electrons. The Morgan fingerprint density at radius 2 is 1.53 bits per heavy atom. The molecule has 1 atom stereocenters. The van der Waals surface area contributed by atoms with Crippen molar-refractivity contribution >= 4 is 17.6 Å². The van der Waals surface area contributed by atoms with Gasteiger partial charge in [-0.3, -0.25) is 4.79 Å². The SMILES string of the molecule is O=C(NCCc1ccccc1)NC(C(=O)N1CCc2ccccc21)c1ccccc1. The molecule has 3 amide bonds. The van der Waals surface area contributed by atoms with Crippen LogP contribution in [0, 0.1) is 0 Å². The minimum absolute atomic E-state index is 0.121. The van der Waals surface area contributed by atoms with E-state index in [4.69, 9.17) is 0 Å². The molecule has 2 N–H and O–H groups in total. The predicted molar refractivity (Wildman–Crippen MR) is 118 cm³/mol. The summed E-state index contributed by atoms with van der Waals surface area (Å²) in [5, 5.41) is 5.76. The molecule has 0 saturated heterocycles. The van der Waals surface area contributed by atoms with E-state index in [0.29, 0.717) is 13.1 Å². The highest BCUT2D eigenvalue weighted by atomic mass is 16.2. The van der Waals surface area contributed by atoms with Crippen LogP contribution in [0.2, 0.25) is 0 Å². The summed E-state index contributed by atoms with van der Waals surface area (Å²) in [5.74, 6) is -0.121. The highest BCUT2D eigenvalue weighted by Gasteiger charge is 2.31. The van der Waals surface area contributed by atoms with E-state index >= 15 is 0 Å². The minimum Gasteiger partial charge on any atom is -0.338 e. The summed E-state index contributed by atoms with van der Waals surface area (Å²) in [5.41, 5.74) is 4.01. The maximum absolute atomic E-state index is 13.4. The molecule has 1 aliphatic heterocycles. The number of nitrogens with one attached hydrogen (secondary N) is 2. The van der Waals surface area contributed by atoms with Crippen molar-refractivity contribution in [1.29, 1.82) is 0 Å². The van der Waals surface area contributed by atoms with E-state index in [2.05, 4.69) is 10.6 Å². The number of benzene rings is 3. The lowest BCUT2D eigenvalue weighted by Gasteiger charge is -2.25. The van der Waals surface area contributed by atoms with Crippen molar-refractivity contribution in [3.05, 3.63) is 102 Å². The molecule has 152 valence electrons. The summed E-state index contributed by atoms with van der Waals surface area (Å²) < 4.78 is 0. The summed E-state index contributed by atoms with van der Waals surface area (Å²) >= 11 is 0. The van der Waals surface area contributed by atoms with Crippen molar-refractivity contribution < 1.29 is 9.59 Å². The van der Waals surface area contributed by atoms with E-state index in [1.807, 2.05) is 84.9 Å². The van der Waals surface area contributed by atoms with Crippen LogP contribution >= 0.6 is 0 Å². The molecule has 0 bridgehead atoms. The Morgan fingerprint density at radius 1 is 0.867 bits per heavy atom. The van der Waals surface area contributed by atoms with Gasteiger partial charge in [-0.15, -0.1) is 0 Å². The van der Waals surface area contributed by atoms with Gasteiger partial charge in [0, 0.05) is 18.8 Å². The van der Waals surface area contributed by atoms with E-state index in [1.54, 1.807) is 4.90 Å². The van der Waals surface area contributed by atoms with Crippen LogP contribution in [0.5, 0.6) is 0 Å². The number of urea groups is 1. The van der Waals surface area contributed by atoms with Crippen molar-refractivity contribution in [2.24, 2.45) is 0 Å². The van der Waals surface area contributed by atoms with Crippen molar-refractivity contribution in [3.8, 4) is 0 Å². The Bertz CT molecular complexity index is 1010. The molecule has 0 saturated carbocycles. The molecule has 1 unspecified atom stereocenters. The van der Waals surface area contributed by atoms with E-state index < -0.39 is 6.04 Å². The summed E-state index contributed by atoms with van der Waals surface area (Å²) in [6, 6.07) is 26.2. The van der Waals surface area contributed by atoms with Crippen LogP contribution in [-0.4, -0.2) is 25.0 Å². The molecule has 1 heterocycles. The maximum atomic E-state index is 13.4. The number of hydrogen-bond acceptors (Lipinski definition) is 2. The monoisotopic (exact) mass is 399 g/mol. The van der Waals surface area contributed by atoms with Crippen LogP contribution in [0.3, 0.4) is 0 Å². The molecule has 30 heavy (non-hydrogen) atoms. The Hall–Kier alpha value is -3.60. The van der Waals surface area contributed by atoms with Crippen molar-refractivity contribution in [2.75, 3.05) is 18.0 Å². The third kappa shape index (κ3) is 4.51. The van der Waals surface area contributed by atoms with E-state index in [1.165, 1.54) is 0 Å². The normalized spacial score (nSPS) is 13.4. The van der Waals surface area contributed by atoms with Gasteiger partial charge in [0.15, 0.2) is 0 Å². The zero-order valence-corrected chi connectivity index (χ0v) is 16.8. The molecule has 0 aromatic heterocycles.